The fourth-order valence-electron chi connectivity index (χ4n) is 0. The average molecular weight is 1110 g/mol. The summed E-state index contributed by atoms with van der Waals surface area (Å²) < 4.78 is 51.0. The normalized spacial score (nSPS) is 6.40. The predicted molar refractivity (Wildman–Crippen MR) is 303 cm³/mol. The van der Waals surface area contributed by atoms with Crippen LogP contribution in [-0.2, 0) is 38.1 Å². The maximum atomic E-state index is 11.2. The van der Waals surface area contributed by atoms with Gasteiger partial charge in [-0.05, 0) is 46.6 Å². The summed E-state index contributed by atoms with van der Waals surface area (Å²) >= 11 is 7.67. The van der Waals surface area contributed by atoms with Crippen LogP contribution in [0.2, 0.25) is 13.6 Å². The van der Waals surface area contributed by atoms with Gasteiger partial charge < -0.3 is 59.2 Å². The van der Waals surface area contributed by atoms with E-state index in [4.69, 9.17) is 39.9 Å². The molecule has 0 fully saturated rings. The third-order valence-corrected chi connectivity index (χ3v) is 1.72. The van der Waals surface area contributed by atoms with Gasteiger partial charge in [0.15, 0.2) is 5.05 Å². The molecule has 0 rings (SSSR count). The number of aldehydes is 1. The molecular weight excluding hydrogens is 987 g/mol. The van der Waals surface area contributed by atoms with Gasteiger partial charge in [0.1, 0.15) is 6.29 Å². The molecule has 0 aromatic carbocycles. The molecule has 0 amide bonds. The molecule has 0 aliphatic heterocycles. The number of methoxy groups -OCH3 is 4. The number of ether oxygens (including phenoxy) is 4. The van der Waals surface area contributed by atoms with Gasteiger partial charge in [0.25, 0.3) is 5.97 Å². The molecule has 0 aromatic rings. The van der Waals surface area contributed by atoms with Crippen molar-refractivity contribution in [2.75, 3.05) is 42.7 Å². The van der Waals surface area contributed by atoms with E-state index in [1.165, 1.54) is 55.1 Å². The summed E-state index contributed by atoms with van der Waals surface area (Å²) in [5.41, 5.74) is -0.750. The number of thiol groups is 1. The Hall–Kier alpha value is -0.799. The molecule has 435 valence electrons. The molecule has 1 radical (unpaired) electrons. The van der Waals surface area contributed by atoms with Gasteiger partial charge in [0.05, 0.1) is 28.5 Å². The number of carbonyl (C=O) groups excluding carboxylic acids is 3. The van der Waals surface area contributed by atoms with Gasteiger partial charge in [-0.15, -0.1) is 5.60 Å². The molecule has 0 atom stereocenters. The van der Waals surface area contributed by atoms with E-state index in [2.05, 4.69) is 69.8 Å². The van der Waals surface area contributed by atoms with Crippen LogP contribution < -0.4 is 56.5 Å². The second-order valence-electron chi connectivity index (χ2n) is 8.72. The van der Waals surface area contributed by atoms with Crippen molar-refractivity contribution in [1.82, 2.24) is 0 Å². The van der Waals surface area contributed by atoms with E-state index in [1.807, 2.05) is 123 Å². The Kier molecular flexibility index (Phi) is 436. The molecular formula is C45H117B3F3KNO15S2. The van der Waals surface area contributed by atoms with E-state index in [0.29, 0.717) is 19.2 Å². The van der Waals surface area contributed by atoms with Crippen LogP contribution in [0.25, 0.3) is 0 Å². The molecule has 16 nitrogen and oxygen atoms in total. The van der Waals surface area contributed by atoms with Gasteiger partial charge in [-0.2, -0.15) is 8.78 Å². The Labute approximate surface area is 488 Å². The first-order valence-corrected chi connectivity index (χ1v) is 23.1. The maximum absolute atomic E-state index is 11.2. The first-order valence-electron chi connectivity index (χ1n) is 22.3. The smallest absolute Gasteiger partial charge is 1.00 e. The van der Waals surface area contributed by atoms with E-state index in [0.717, 1.165) is 27.4 Å². The van der Waals surface area contributed by atoms with Gasteiger partial charge in [0, 0.05) is 48.8 Å². The predicted octanol–water partition coefficient (Wildman–Crippen LogP) is 8.77. The van der Waals surface area contributed by atoms with Crippen LogP contribution in [0.3, 0.4) is 0 Å². The number of allylic oxidation sites excluding steroid dienone is 2. The summed E-state index contributed by atoms with van der Waals surface area (Å²) in [7, 11) is 8.72. The number of thiocarbonyl (C=S) groups is 1. The van der Waals surface area contributed by atoms with Crippen molar-refractivity contribution in [1.29, 1.82) is 0 Å². The number of nitrogens with zero attached hydrogens (tertiary/aromatic N) is 1. The van der Waals surface area contributed by atoms with Crippen molar-refractivity contribution in [2.24, 2.45) is 4.30 Å². The summed E-state index contributed by atoms with van der Waals surface area (Å²) in [6.07, 6.45) is 3.04. The van der Waals surface area contributed by atoms with Crippen LogP contribution in [0.1, 0.15) is 193 Å². The first kappa shape index (κ1) is 144. The van der Waals surface area contributed by atoms with Crippen LogP contribution in [0, 0.1) is 0 Å². The fourth-order valence-corrected chi connectivity index (χ4v) is 0. The molecule has 0 aliphatic carbocycles. The molecule has 0 saturated carbocycles. The number of aliphatic hydroxyl groups is 1. The summed E-state index contributed by atoms with van der Waals surface area (Å²) in [6.45, 7) is 51.4. The van der Waals surface area contributed by atoms with Gasteiger partial charge >= 0.3 is 108 Å². The maximum Gasteiger partial charge on any atom is 1.00 e. The largest absolute Gasteiger partial charge is 1.00 e. The zero-order valence-corrected chi connectivity index (χ0v) is 56.8. The van der Waals surface area contributed by atoms with Gasteiger partial charge in [-0.25, -0.2) is 0 Å². The molecule has 0 aliphatic rings. The van der Waals surface area contributed by atoms with Crippen LogP contribution in [-0.4, -0.2) is 136 Å². The second-order valence-corrected chi connectivity index (χ2v) is 9.52. The van der Waals surface area contributed by atoms with Crippen molar-refractivity contribution < 1.29 is 138 Å². The fraction of sp³-hybridized carbons (Fsp3) is 0.844. The summed E-state index contributed by atoms with van der Waals surface area (Å²) in [5.74, 6) is -1.32. The molecule has 70 heavy (non-hydrogen) atoms. The third kappa shape index (κ3) is 3480. The quantitative estimate of drug-likeness (QED) is 0.0323. The SMILES string of the molecule is CB(O)O.CB(O)O.CC.CC.CC.CC.CC.CC.CC.CC(=O)O.CC(C)(C)[O-].CC=CC.CC=O.CCC.CF.CO.COC(C)(F)F.COC(C)=O.COC(C)=O.COC(C)=S.[B]=NS.[K+]. The minimum absolute atomic E-state index is 0. The minimum atomic E-state index is -2.96. The molecule has 0 heterocycles. The number of carboxylic acids is 1. The number of carbonyl (C=O) groups is 4. The summed E-state index contributed by atoms with van der Waals surface area (Å²) in [6, 6.07) is 0. The van der Waals surface area contributed by atoms with Crippen LogP contribution in [0.4, 0.5) is 13.2 Å². The second kappa shape index (κ2) is 211. The number of rotatable bonds is 1. The van der Waals surface area contributed by atoms with Crippen molar-refractivity contribution in [3.05, 3.63) is 12.2 Å². The van der Waals surface area contributed by atoms with Crippen molar-refractivity contribution in [3.63, 3.8) is 0 Å². The van der Waals surface area contributed by atoms with E-state index in [-0.39, 0.29) is 63.3 Å². The molecule has 25 heteroatoms. The standard InChI is InChI=1S/C4H9O.C4H8.C3H6F2O.2C3H6O2.C3H6OS.C3H8.C2H4O2.C2H4O.7C2H6.2CH5BO2.CH3F.CH4O.BHNS.K/c1-4(2,3)5;1-3-4-2;1-3(4,5)6-2;2*1-3(4)5-2;1-3(5)4-2;1-3-2;1-2(3)4;1-2-3;7*1-2;2*1-2(3)4;2*1-2;1-2-3;/h1-3H3;3-4H,1-2H3;1-2H3;3*1-2H3;3H2,1-2H3;1H3,(H,3,4);2H,1H3;7*1-2H3;2*3-4H,1H3;1H3;2H,1H3;3H;/q-1;;;;;;;;;;;;;;;;;;;;;+1. The van der Waals surface area contributed by atoms with Crippen LogP contribution >= 0.6 is 25.0 Å². The molecule has 6 N–H and O–H groups in total. The Balaban J connectivity index is -0.0000000175. The third-order valence-electron chi connectivity index (χ3n) is 1.55. The Morgan fingerprint density at radius 3 is 0.714 bits per heavy atom. The Bertz CT molecular complexity index is 680. The number of hydrogen-bond acceptors (Lipinski definition) is 17. The Morgan fingerprint density at radius 2 is 0.714 bits per heavy atom. The van der Waals surface area contributed by atoms with Gasteiger partial charge in [-0.1, -0.05) is 150 Å². The molecule has 0 bridgehead atoms. The number of esters is 2. The van der Waals surface area contributed by atoms with E-state index < -0.39 is 31.9 Å². The topological polar surface area (TPSA) is 262 Å². The first-order chi connectivity index (χ1) is 31.7. The monoisotopic (exact) mass is 1100 g/mol. The molecule has 0 spiro atoms. The van der Waals surface area contributed by atoms with E-state index in [9.17, 15) is 27.9 Å². The zero-order valence-electron chi connectivity index (χ0n) is 52.0. The number of aliphatic carboxylic acids is 1. The zero-order chi connectivity index (χ0) is 62.8. The molecule has 0 aromatic heterocycles. The van der Waals surface area contributed by atoms with Crippen molar-refractivity contribution >= 4 is 76.2 Å². The number of aliphatic hydroxyl groups excluding tert-OH is 1. The van der Waals surface area contributed by atoms with Gasteiger partial charge in [-0.3, -0.25) is 18.8 Å². The molecule has 0 saturated heterocycles. The van der Waals surface area contributed by atoms with Gasteiger partial charge in [0.2, 0.25) is 0 Å². The summed E-state index contributed by atoms with van der Waals surface area (Å²) in [4.78, 5) is 37.0. The van der Waals surface area contributed by atoms with E-state index in [1.54, 1.807) is 34.8 Å². The molecule has 0 unspecified atom stereocenters. The number of alkyl halides is 3. The number of carboxylic acid groups (broad SMARTS) is 1. The summed E-state index contributed by atoms with van der Waals surface area (Å²) in [5, 5.41) is 55.6. The van der Waals surface area contributed by atoms with E-state index >= 15 is 0 Å². The van der Waals surface area contributed by atoms with Crippen LogP contribution in [0.15, 0.2) is 16.5 Å². The Morgan fingerprint density at radius 1 is 0.657 bits per heavy atom. The van der Waals surface area contributed by atoms with Crippen molar-refractivity contribution in [2.45, 2.75) is 219 Å². The minimum Gasteiger partial charge on any atom is 1.00 e. The van der Waals surface area contributed by atoms with Crippen molar-refractivity contribution in [3.8, 4) is 0 Å². The van der Waals surface area contributed by atoms with Crippen LogP contribution in [0.5, 0.6) is 0 Å². The average Bonchev–Trinajstić information content (AvgIpc) is 3.30. The number of hydrogen-bond donors (Lipinski definition) is 7. The number of halogens is 3.